The van der Waals surface area contributed by atoms with Gasteiger partial charge in [-0.1, -0.05) is 12.1 Å². The van der Waals surface area contributed by atoms with E-state index in [0.717, 1.165) is 49.6 Å². The number of piperazine rings is 1. The first kappa shape index (κ1) is 25.5. The summed E-state index contributed by atoms with van der Waals surface area (Å²) >= 11 is 0. The van der Waals surface area contributed by atoms with Crippen LogP contribution in [0.5, 0.6) is 11.8 Å². The van der Waals surface area contributed by atoms with Crippen molar-refractivity contribution in [3.8, 4) is 11.8 Å². The van der Waals surface area contributed by atoms with Crippen molar-refractivity contribution in [2.45, 2.75) is 68.9 Å². The summed E-state index contributed by atoms with van der Waals surface area (Å²) in [6.45, 7) is 4.67. The van der Waals surface area contributed by atoms with E-state index in [2.05, 4.69) is 20.0 Å². The number of hydrogen-bond acceptors (Lipinski definition) is 8. The molecule has 0 radical (unpaired) electrons. The van der Waals surface area contributed by atoms with Gasteiger partial charge in [0.1, 0.15) is 30.2 Å². The van der Waals surface area contributed by atoms with E-state index in [1.54, 1.807) is 18.2 Å². The summed E-state index contributed by atoms with van der Waals surface area (Å²) in [5.41, 5.74) is 2.36. The van der Waals surface area contributed by atoms with Crippen molar-refractivity contribution >= 4 is 22.3 Å². The van der Waals surface area contributed by atoms with Gasteiger partial charge in [-0.25, -0.2) is 8.78 Å². The van der Waals surface area contributed by atoms with Crippen molar-refractivity contribution in [1.82, 2.24) is 20.2 Å². The average molecular weight is 563 g/mol. The van der Waals surface area contributed by atoms with Crippen molar-refractivity contribution in [3.05, 3.63) is 47.4 Å². The Kier molecular flexibility index (Phi) is 6.00. The minimum Gasteiger partial charge on any atom is -0.508 e. The van der Waals surface area contributed by atoms with E-state index in [4.69, 9.17) is 14.7 Å². The molecular weight excluding hydrogens is 526 g/mol. The Hall–Kier alpha value is -3.24. The third-order valence-corrected chi connectivity index (χ3v) is 10.0. The summed E-state index contributed by atoms with van der Waals surface area (Å²) in [6, 6.07) is 9.43. The summed E-state index contributed by atoms with van der Waals surface area (Å²) in [5, 5.41) is 15.3. The Morgan fingerprint density at radius 2 is 1.93 bits per heavy atom. The number of fused-ring (bicyclic) bond motifs is 5. The van der Waals surface area contributed by atoms with Gasteiger partial charge in [-0.05, 0) is 56.2 Å². The number of phenols is 1. The van der Waals surface area contributed by atoms with Crippen molar-refractivity contribution in [3.63, 3.8) is 0 Å². The van der Waals surface area contributed by atoms with Crippen LogP contribution in [0.1, 0.15) is 43.4 Å². The van der Waals surface area contributed by atoms with Crippen LogP contribution in [0.4, 0.5) is 20.3 Å². The standard InChI is InChI=1S/C31H36F2N6O2/c32-20-13-31(8-2-9-39(31)14-20)18-41-30-35-26-17-37(27-12-23(40)11-19-3-1-4-25(33)28(19)27)10-7-24(26)29(36-30)38-15-21-5-6-22(16-38)34-21/h1,3-4,11-12,20-22,34,40H,2,5-10,13-18H2/t20-,21-,22+,31+/m1/s1. The van der Waals surface area contributed by atoms with Crippen LogP contribution >= 0.6 is 0 Å². The first-order valence-electron chi connectivity index (χ1n) is 15.0. The molecule has 2 bridgehead atoms. The number of hydrogen-bond donors (Lipinski definition) is 2. The van der Waals surface area contributed by atoms with Gasteiger partial charge in [0.25, 0.3) is 0 Å². The topological polar surface area (TPSA) is 77.0 Å². The molecule has 2 N–H and O–H groups in total. The van der Waals surface area contributed by atoms with E-state index in [9.17, 15) is 9.50 Å². The second-order valence-electron chi connectivity index (χ2n) is 12.6. The zero-order valence-electron chi connectivity index (χ0n) is 23.2. The van der Waals surface area contributed by atoms with Crippen LogP contribution in [-0.2, 0) is 13.0 Å². The largest absolute Gasteiger partial charge is 0.508 e. The summed E-state index contributed by atoms with van der Waals surface area (Å²) in [4.78, 5) is 16.7. The molecule has 10 heteroatoms. The smallest absolute Gasteiger partial charge is 0.318 e. The van der Waals surface area contributed by atoms with Crippen LogP contribution in [0.25, 0.3) is 10.8 Å². The van der Waals surface area contributed by atoms with E-state index in [-0.39, 0.29) is 17.1 Å². The number of nitrogens with zero attached hydrogens (tertiary/aromatic N) is 5. The Morgan fingerprint density at radius 1 is 1.07 bits per heavy atom. The highest BCUT2D eigenvalue weighted by Crippen LogP contribution is 2.41. The van der Waals surface area contributed by atoms with Crippen LogP contribution in [-0.4, -0.2) is 83.1 Å². The Balaban J connectivity index is 1.15. The summed E-state index contributed by atoms with van der Waals surface area (Å²) in [6.07, 6.45) is 4.71. The van der Waals surface area contributed by atoms with Gasteiger partial charge in [-0.3, -0.25) is 4.90 Å². The number of phenolic OH excluding ortho intramolecular Hbond substituents is 1. The number of ether oxygens (including phenoxy) is 1. The second kappa shape index (κ2) is 9.66. The third-order valence-electron chi connectivity index (χ3n) is 10.0. The summed E-state index contributed by atoms with van der Waals surface area (Å²) in [7, 11) is 0. The number of anilines is 2. The monoisotopic (exact) mass is 562 g/mol. The molecule has 8 nitrogen and oxygen atoms in total. The van der Waals surface area contributed by atoms with Gasteiger partial charge >= 0.3 is 6.01 Å². The molecule has 1 aromatic heterocycles. The number of alkyl halides is 1. The predicted octanol–water partition coefficient (Wildman–Crippen LogP) is 3.93. The van der Waals surface area contributed by atoms with Crippen LogP contribution < -0.4 is 19.9 Å². The van der Waals surface area contributed by atoms with Crippen molar-refractivity contribution < 1.29 is 18.6 Å². The maximum atomic E-state index is 15.1. The SMILES string of the molecule is Oc1cc(N2CCc3c(nc(OC[C@@]45CCCN4C[C@H](F)C5)nc3N3C[C@H]4CC[C@@H](C3)N4)C2)c2c(F)cccc2c1. The molecule has 2 aromatic carbocycles. The minimum atomic E-state index is -0.818. The molecule has 4 atom stereocenters. The molecule has 0 saturated carbocycles. The number of benzene rings is 2. The fraction of sp³-hybridized carbons (Fsp3) is 0.548. The first-order valence-corrected chi connectivity index (χ1v) is 15.0. The van der Waals surface area contributed by atoms with Crippen LogP contribution in [0.3, 0.4) is 0 Å². The molecule has 0 amide bonds. The second-order valence-corrected chi connectivity index (χ2v) is 12.6. The van der Waals surface area contributed by atoms with Gasteiger partial charge in [-0.2, -0.15) is 9.97 Å². The maximum absolute atomic E-state index is 15.1. The highest BCUT2D eigenvalue weighted by molar-refractivity contribution is 5.96. The molecule has 216 valence electrons. The molecular formula is C31H36F2N6O2. The van der Waals surface area contributed by atoms with E-state index in [0.29, 0.717) is 73.6 Å². The molecule has 5 aliphatic rings. The number of rotatable bonds is 5. The number of halogens is 2. The van der Waals surface area contributed by atoms with Gasteiger partial charge in [0.05, 0.1) is 23.5 Å². The molecule has 8 rings (SSSR count). The van der Waals surface area contributed by atoms with Gasteiger partial charge < -0.3 is 25.0 Å². The highest BCUT2D eigenvalue weighted by atomic mass is 19.1. The molecule has 0 unspecified atom stereocenters. The van der Waals surface area contributed by atoms with E-state index in [1.165, 1.54) is 18.9 Å². The van der Waals surface area contributed by atoms with E-state index < -0.39 is 6.17 Å². The lowest BCUT2D eigenvalue weighted by molar-refractivity contribution is 0.107. The predicted molar refractivity (Wildman–Crippen MR) is 153 cm³/mol. The first-order chi connectivity index (χ1) is 19.9. The molecule has 4 fully saturated rings. The zero-order chi connectivity index (χ0) is 27.7. The van der Waals surface area contributed by atoms with E-state index in [1.807, 2.05) is 6.07 Å². The third kappa shape index (κ3) is 4.37. The lowest BCUT2D eigenvalue weighted by Crippen LogP contribution is -2.52. The number of nitrogens with one attached hydrogen (secondary N) is 1. The number of aromatic nitrogens is 2. The lowest BCUT2D eigenvalue weighted by atomic mass is 9.95. The lowest BCUT2D eigenvalue weighted by Gasteiger charge is -2.38. The molecule has 3 aromatic rings. The quantitative estimate of drug-likeness (QED) is 0.485. The van der Waals surface area contributed by atoms with Gasteiger partial charge in [-0.15, -0.1) is 0 Å². The molecule has 0 spiro atoms. The zero-order valence-corrected chi connectivity index (χ0v) is 23.2. The maximum Gasteiger partial charge on any atom is 0.318 e. The van der Waals surface area contributed by atoms with Crippen molar-refractivity contribution in [2.75, 3.05) is 49.1 Å². The summed E-state index contributed by atoms with van der Waals surface area (Å²) in [5.74, 6) is 0.733. The Labute approximate surface area is 238 Å². The molecule has 4 saturated heterocycles. The van der Waals surface area contributed by atoms with Crippen LogP contribution in [0.2, 0.25) is 0 Å². The van der Waals surface area contributed by atoms with E-state index >= 15 is 4.39 Å². The highest BCUT2D eigenvalue weighted by Gasteiger charge is 2.49. The van der Waals surface area contributed by atoms with Crippen LogP contribution in [0, 0.1) is 5.82 Å². The van der Waals surface area contributed by atoms with Crippen molar-refractivity contribution in [2.24, 2.45) is 0 Å². The summed E-state index contributed by atoms with van der Waals surface area (Å²) < 4.78 is 35.8. The fourth-order valence-electron chi connectivity index (χ4n) is 8.13. The van der Waals surface area contributed by atoms with Gasteiger partial charge in [0.15, 0.2) is 0 Å². The normalized spacial score (nSPS) is 29.3. The Bertz CT molecular complexity index is 1490. The number of aromatic hydroxyl groups is 1. The molecule has 0 aliphatic carbocycles. The molecule has 5 aliphatic heterocycles. The molecule has 41 heavy (non-hydrogen) atoms. The molecule has 6 heterocycles. The fourth-order valence-corrected chi connectivity index (χ4v) is 8.13. The van der Waals surface area contributed by atoms with Gasteiger partial charge in [0, 0.05) is 61.7 Å². The Morgan fingerprint density at radius 3 is 2.78 bits per heavy atom. The van der Waals surface area contributed by atoms with Crippen LogP contribution in [0.15, 0.2) is 30.3 Å². The average Bonchev–Trinajstić information content (AvgIpc) is 3.61. The van der Waals surface area contributed by atoms with Crippen molar-refractivity contribution in [1.29, 1.82) is 0 Å². The van der Waals surface area contributed by atoms with Gasteiger partial charge in [0.2, 0.25) is 0 Å². The minimum absolute atomic E-state index is 0.107.